The topological polar surface area (TPSA) is 130 Å². The number of aliphatic carboxylic acids is 1. The number of carbonyl (C=O) groups is 2. The van der Waals surface area contributed by atoms with Gasteiger partial charge in [0.1, 0.15) is 0 Å². The smallest absolute Gasteiger partial charge is 0.319 e. The molecule has 0 fully saturated rings. The predicted octanol–water partition coefficient (Wildman–Crippen LogP) is 4.03. The molecule has 0 aliphatic carbocycles. The number of carboxylic acids is 1. The first-order valence-corrected chi connectivity index (χ1v) is 13.7. The maximum Gasteiger partial charge on any atom is 0.319 e. The van der Waals surface area contributed by atoms with Crippen LogP contribution in [0.5, 0.6) is 0 Å². The standard InChI is InChI=1S/C25H26N2O6S2/c1-2-26-25(30)27-20-8-10-21(11-9-20)34(31)22-12-14-23(15-13-22)35(32,33)17-19(16-24(28)29)18-6-4-3-5-7-18/h3-15,19H,2,16-17H2,1H3,(H,28,29)(H2,26,27,30). The third-order valence-electron chi connectivity index (χ3n) is 5.17. The highest BCUT2D eigenvalue weighted by atomic mass is 32.2. The van der Waals surface area contributed by atoms with E-state index < -0.39 is 32.5 Å². The SMILES string of the molecule is CCNC(=O)Nc1ccc(S(=O)c2ccc(S(=O)(=O)CC(CC(=O)O)c3ccccc3)cc2)cc1. The summed E-state index contributed by atoms with van der Waals surface area (Å²) < 4.78 is 38.9. The minimum Gasteiger partial charge on any atom is -0.481 e. The minimum absolute atomic E-state index is 0.0334. The van der Waals surface area contributed by atoms with Gasteiger partial charge in [-0.3, -0.25) is 4.79 Å². The van der Waals surface area contributed by atoms with E-state index in [1.807, 2.05) is 0 Å². The van der Waals surface area contributed by atoms with Crippen LogP contribution in [-0.4, -0.2) is 42.0 Å². The Kier molecular flexibility index (Phi) is 8.78. The Morgan fingerprint density at radius 3 is 2.03 bits per heavy atom. The first-order chi connectivity index (χ1) is 16.7. The van der Waals surface area contributed by atoms with Gasteiger partial charge in [0.2, 0.25) is 0 Å². The molecule has 3 aromatic rings. The van der Waals surface area contributed by atoms with Crippen molar-refractivity contribution in [2.45, 2.75) is 33.9 Å². The second-order valence-electron chi connectivity index (χ2n) is 7.74. The van der Waals surface area contributed by atoms with E-state index in [0.29, 0.717) is 27.6 Å². The molecule has 0 aromatic heterocycles. The summed E-state index contributed by atoms with van der Waals surface area (Å²) in [6.07, 6.45) is -0.309. The first-order valence-electron chi connectivity index (χ1n) is 10.9. The second-order valence-corrected chi connectivity index (χ2v) is 11.3. The van der Waals surface area contributed by atoms with Gasteiger partial charge in [-0.25, -0.2) is 17.4 Å². The summed E-state index contributed by atoms with van der Waals surface area (Å²) in [5.41, 5.74) is 1.19. The monoisotopic (exact) mass is 514 g/mol. The molecule has 3 aromatic carbocycles. The molecule has 0 radical (unpaired) electrons. The molecule has 3 rings (SSSR count). The molecular weight excluding hydrogens is 488 g/mol. The zero-order valence-electron chi connectivity index (χ0n) is 19.0. The maximum atomic E-state index is 13.0. The molecule has 2 atom stereocenters. The molecule has 0 saturated carbocycles. The fourth-order valence-electron chi connectivity index (χ4n) is 3.47. The molecule has 0 bridgehead atoms. The van der Waals surface area contributed by atoms with E-state index in [4.69, 9.17) is 0 Å². The average Bonchev–Trinajstić information content (AvgIpc) is 2.84. The largest absolute Gasteiger partial charge is 0.481 e. The van der Waals surface area contributed by atoms with Crippen LogP contribution in [0.15, 0.2) is 93.5 Å². The Hall–Kier alpha value is -3.50. The Balaban J connectivity index is 1.74. The van der Waals surface area contributed by atoms with E-state index in [-0.39, 0.29) is 23.1 Å². The Bertz CT molecular complexity index is 1290. The number of anilines is 1. The number of sulfone groups is 1. The molecule has 0 aliphatic heterocycles. The normalized spacial score (nSPS) is 12.9. The maximum absolute atomic E-state index is 13.0. The van der Waals surface area contributed by atoms with Gasteiger partial charge < -0.3 is 15.7 Å². The Labute approximate surface area is 206 Å². The van der Waals surface area contributed by atoms with E-state index in [2.05, 4.69) is 10.6 Å². The highest BCUT2D eigenvalue weighted by Crippen LogP contribution is 2.26. The van der Waals surface area contributed by atoms with Gasteiger partial charge in [0.05, 0.1) is 27.9 Å². The van der Waals surface area contributed by atoms with Crippen molar-refractivity contribution in [3.05, 3.63) is 84.4 Å². The number of benzene rings is 3. The van der Waals surface area contributed by atoms with E-state index >= 15 is 0 Å². The molecule has 184 valence electrons. The van der Waals surface area contributed by atoms with Gasteiger partial charge in [-0.1, -0.05) is 30.3 Å². The minimum atomic E-state index is -3.79. The summed E-state index contributed by atoms with van der Waals surface area (Å²) >= 11 is 0. The third-order valence-corrected chi connectivity index (χ3v) is 8.41. The molecule has 2 amide bonds. The van der Waals surface area contributed by atoms with E-state index in [0.717, 1.165) is 0 Å². The lowest BCUT2D eigenvalue weighted by atomic mass is 9.98. The summed E-state index contributed by atoms with van der Waals surface area (Å²) in [6.45, 7) is 2.30. The third kappa shape index (κ3) is 7.24. The number of hydrogen-bond acceptors (Lipinski definition) is 5. The fourth-order valence-corrected chi connectivity index (χ4v) is 6.10. The number of carbonyl (C=O) groups excluding carboxylic acids is 1. The fraction of sp³-hybridized carbons (Fsp3) is 0.200. The second kappa shape index (κ2) is 11.8. The van der Waals surface area contributed by atoms with Crippen molar-refractivity contribution in [3.8, 4) is 0 Å². The van der Waals surface area contributed by atoms with E-state index in [1.54, 1.807) is 61.5 Å². The van der Waals surface area contributed by atoms with Crippen molar-refractivity contribution in [1.82, 2.24) is 5.32 Å². The summed E-state index contributed by atoms with van der Waals surface area (Å²) in [7, 11) is -5.35. The highest BCUT2D eigenvalue weighted by Gasteiger charge is 2.25. The number of carboxylic acid groups (broad SMARTS) is 1. The Morgan fingerprint density at radius 1 is 0.914 bits per heavy atom. The van der Waals surface area contributed by atoms with Crippen LogP contribution in [0.2, 0.25) is 0 Å². The number of amides is 2. The zero-order chi connectivity index (χ0) is 25.4. The van der Waals surface area contributed by atoms with Crippen LogP contribution in [-0.2, 0) is 25.4 Å². The lowest BCUT2D eigenvalue weighted by Gasteiger charge is -2.16. The molecule has 2 unspecified atom stereocenters. The number of urea groups is 1. The molecule has 8 nitrogen and oxygen atoms in total. The van der Waals surface area contributed by atoms with Gasteiger partial charge >= 0.3 is 12.0 Å². The van der Waals surface area contributed by atoms with Crippen LogP contribution in [0.1, 0.15) is 24.8 Å². The van der Waals surface area contributed by atoms with Gasteiger partial charge in [0.25, 0.3) is 0 Å². The Morgan fingerprint density at radius 2 is 1.49 bits per heavy atom. The highest BCUT2D eigenvalue weighted by molar-refractivity contribution is 7.91. The summed E-state index contributed by atoms with van der Waals surface area (Å²) in [4.78, 5) is 23.9. The van der Waals surface area contributed by atoms with Crippen LogP contribution >= 0.6 is 0 Å². The van der Waals surface area contributed by atoms with Crippen LogP contribution in [0.3, 0.4) is 0 Å². The molecule has 0 saturated heterocycles. The lowest BCUT2D eigenvalue weighted by molar-refractivity contribution is -0.137. The van der Waals surface area contributed by atoms with Crippen molar-refractivity contribution in [3.63, 3.8) is 0 Å². The quantitative estimate of drug-likeness (QED) is 0.375. The van der Waals surface area contributed by atoms with Crippen LogP contribution in [0.25, 0.3) is 0 Å². The van der Waals surface area contributed by atoms with Crippen molar-refractivity contribution >= 4 is 38.3 Å². The molecule has 0 spiro atoms. The van der Waals surface area contributed by atoms with Crippen LogP contribution in [0.4, 0.5) is 10.5 Å². The van der Waals surface area contributed by atoms with Gasteiger partial charge in [-0.15, -0.1) is 0 Å². The molecule has 0 heterocycles. The summed E-state index contributed by atoms with van der Waals surface area (Å²) in [5, 5.41) is 14.5. The average molecular weight is 515 g/mol. The molecule has 3 N–H and O–H groups in total. The lowest BCUT2D eigenvalue weighted by Crippen LogP contribution is -2.28. The number of nitrogens with one attached hydrogen (secondary N) is 2. The van der Waals surface area contributed by atoms with E-state index in [1.165, 1.54) is 24.3 Å². The summed E-state index contributed by atoms with van der Waals surface area (Å²) in [5.74, 6) is -2.13. The summed E-state index contributed by atoms with van der Waals surface area (Å²) in [6, 6.07) is 20.6. The zero-order valence-corrected chi connectivity index (χ0v) is 20.6. The van der Waals surface area contributed by atoms with Crippen molar-refractivity contribution in [1.29, 1.82) is 0 Å². The van der Waals surface area contributed by atoms with Gasteiger partial charge in [-0.05, 0) is 61.0 Å². The number of hydrogen-bond donors (Lipinski definition) is 3. The van der Waals surface area contributed by atoms with Crippen molar-refractivity contribution in [2.75, 3.05) is 17.6 Å². The van der Waals surface area contributed by atoms with Crippen molar-refractivity contribution in [2.24, 2.45) is 0 Å². The van der Waals surface area contributed by atoms with Gasteiger partial charge in [0, 0.05) is 27.9 Å². The van der Waals surface area contributed by atoms with E-state index in [9.17, 15) is 27.3 Å². The predicted molar refractivity (Wildman–Crippen MR) is 134 cm³/mol. The molecule has 0 aliphatic rings. The molecule has 35 heavy (non-hydrogen) atoms. The first kappa shape index (κ1) is 26.1. The van der Waals surface area contributed by atoms with Gasteiger partial charge in [-0.2, -0.15) is 0 Å². The van der Waals surface area contributed by atoms with Gasteiger partial charge in [0.15, 0.2) is 9.84 Å². The van der Waals surface area contributed by atoms with Crippen LogP contribution < -0.4 is 10.6 Å². The van der Waals surface area contributed by atoms with Crippen molar-refractivity contribution < 1.29 is 27.3 Å². The van der Waals surface area contributed by atoms with Crippen LogP contribution in [0, 0.1) is 0 Å². The molecular formula is C25H26N2O6S2. The number of rotatable bonds is 10. The molecule has 10 heteroatoms.